The van der Waals surface area contributed by atoms with E-state index in [4.69, 9.17) is 9.47 Å². The first-order valence-electron chi connectivity index (χ1n) is 9.28. The van der Waals surface area contributed by atoms with Crippen LogP contribution in [0.2, 0.25) is 0 Å². The van der Waals surface area contributed by atoms with Crippen molar-refractivity contribution < 1.29 is 14.3 Å². The number of benzene rings is 2. The first-order chi connectivity index (χ1) is 12.7. The summed E-state index contributed by atoms with van der Waals surface area (Å²) in [5.74, 6) is -0.0823. The van der Waals surface area contributed by atoms with Gasteiger partial charge in [-0.05, 0) is 30.0 Å². The largest absolute Gasteiger partial charge is 0.372 e. The van der Waals surface area contributed by atoms with E-state index in [1.54, 1.807) is 6.92 Å². The number of nitrogens with one attached hydrogen (secondary N) is 1. The molecule has 0 radical (unpaired) electrons. The van der Waals surface area contributed by atoms with Crippen LogP contribution in [0.5, 0.6) is 0 Å². The predicted molar refractivity (Wildman–Crippen MR) is 104 cm³/mol. The summed E-state index contributed by atoms with van der Waals surface area (Å²) >= 11 is 0. The average Bonchev–Trinajstić information content (AvgIpc) is 2.68. The number of amides is 1. The molecule has 0 spiro atoms. The van der Waals surface area contributed by atoms with Crippen molar-refractivity contribution in [3.8, 4) is 0 Å². The van der Waals surface area contributed by atoms with Gasteiger partial charge in [0.25, 0.3) is 0 Å². The molecule has 1 unspecified atom stereocenters. The number of ether oxygens (including phenoxy) is 2. The molecule has 2 aromatic rings. The number of hydrogen-bond donors (Lipinski definition) is 1. The van der Waals surface area contributed by atoms with E-state index in [1.807, 2.05) is 54.6 Å². The summed E-state index contributed by atoms with van der Waals surface area (Å²) in [6, 6.07) is 18.1. The average molecular weight is 355 g/mol. The van der Waals surface area contributed by atoms with Crippen LogP contribution in [0.25, 0.3) is 0 Å². The molecule has 0 saturated carbocycles. The van der Waals surface area contributed by atoms with Gasteiger partial charge in [0.15, 0.2) is 0 Å². The third-order valence-corrected chi connectivity index (χ3v) is 4.18. The van der Waals surface area contributed by atoms with Gasteiger partial charge in [0, 0.05) is 13.2 Å². The highest BCUT2D eigenvalue weighted by atomic mass is 16.5. The summed E-state index contributed by atoms with van der Waals surface area (Å²) in [4.78, 5) is 12.2. The molecule has 1 N–H and O–H groups in total. The van der Waals surface area contributed by atoms with Crippen LogP contribution in [0.3, 0.4) is 0 Å². The van der Waals surface area contributed by atoms with Gasteiger partial charge in [-0.25, -0.2) is 0 Å². The lowest BCUT2D eigenvalue weighted by molar-refractivity contribution is -0.131. The minimum Gasteiger partial charge on any atom is -0.372 e. The first-order valence-corrected chi connectivity index (χ1v) is 9.28. The Kier molecular flexibility index (Phi) is 8.87. The van der Waals surface area contributed by atoms with Gasteiger partial charge in [0.05, 0.1) is 13.2 Å². The highest BCUT2D eigenvalue weighted by Crippen LogP contribution is 2.12. The van der Waals surface area contributed by atoms with Gasteiger partial charge in [-0.3, -0.25) is 4.79 Å². The SMILES string of the molecule is CCCCOC(C)C(=O)NCc1ccccc1COCc1ccccc1. The summed E-state index contributed by atoms with van der Waals surface area (Å²) in [5.41, 5.74) is 3.30. The van der Waals surface area contributed by atoms with Gasteiger partial charge in [0.2, 0.25) is 5.91 Å². The smallest absolute Gasteiger partial charge is 0.249 e. The van der Waals surface area contributed by atoms with Crippen molar-refractivity contribution in [3.05, 3.63) is 71.3 Å². The maximum absolute atomic E-state index is 12.2. The zero-order valence-corrected chi connectivity index (χ0v) is 15.7. The molecule has 4 nitrogen and oxygen atoms in total. The van der Waals surface area contributed by atoms with Crippen LogP contribution in [0, 0.1) is 0 Å². The molecule has 2 rings (SSSR count). The van der Waals surface area contributed by atoms with E-state index in [0.29, 0.717) is 26.4 Å². The van der Waals surface area contributed by atoms with Crippen LogP contribution in [-0.4, -0.2) is 18.6 Å². The number of rotatable bonds is 11. The fourth-order valence-electron chi connectivity index (χ4n) is 2.53. The van der Waals surface area contributed by atoms with Crippen molar-refractivity contribution >= 4 is 5.91 Å². The Labute approximate surface area is 156 Å². The molecule has 0 fully saturated rings. The van der Waals surface area contributed by atoms with Crippen LogP contribution in [-0.2, 0) is 34.0 Å². The van der Waals surface area contributed by atoms with E-state index in [-0.39, 0.29) is 5.91 Å². The molecule has 1 atom stereocenters. The topological polar surface area (TPSA) is 47.6 Å². The van der Waals surface area contributed by atoms with E-state index in [2.05, 4.69) is 12.2 Å². The summed E-state index contributed by atoms with van der Waals surface area (Å²) in [6.07, 6.45) is 1.60. The molecular weight excluding hydrogens is 326 g/mol. The summed E-state index contributed by atoms with van der Waals surface area (Å²) < 4.78 is 11.4. The number of hydrogen-bond acceptors (Lipinski definition) is 3. The Morgan fingerprint density at radius 2 is 1.69 bits per heavy atom. The van der Waals surface area contributed by atoms with Crippen molar-refractivity contribution in [1.82, 2.24) is 5.32 Å². The second-order valence-corrected chi connectivity index (χ2v) is 6.33. The molecule has 1 amide bonds. The minimum absolute atomic E-state index is 0.0823. The first kappa shape index (κ1) is 20.1. The molecule has 26 heavy (non-hydrogen) atoms. The standard InChI is InChI=1S/C22H29NO3/c1-3-4-14-26-18(2)22(24)23-15-20-12-8-9-13-21(20)17-25-16-19-10-6-5-7-11-19/h5-13,18H,3-4,14-17H2,1-2H3,(H,23,24). The fraction of sp³-hybridized carbons (Fsp3) is 0.409. The number of carbonyl (C=O) groups is 1. The maximum Gasteiger partial charge on any atom is 0.249 e. The Hall–Kier alpha value is -2.17. The highest BCUT2D eigenvalue weighted by molar-refractivity contribution is 5.80. The van der Waals surface area contributed by atoms with Crippen molar-refractivity contribution in [2.45, 2.75) is 52.6 Å². The number of unbranched alkanes of at least 4 members (excludes halogenated alkanes) is 1. The molecular formula is C22H29NO3. The molecule has 2 aromatic carbocycles. The lowest BCUT2D eigenvalue weighted by Gasteiger charge is -2.15. The minimum atomic E-state index is -0.428. The second kappa shape index (κ2) is 11.4. The van der Waals surface area contributed by atoms with Crippen LogP contribution < -0.4 is 5.32 Å². The Morgan fingerprint density at radius 1 is 1.00 bits per heavy atom. The summed E-state index contributed by atoms with van der Waals surface area (Å²) in [6.45, 7) is 6.08. The van der Waals surface area contributed by atoms with Gasteiger partial charge >= 0.3 is 0 Å². The fourth-order valence-corrected chi connectivity index (χ4v) is 2.53. The molecule has 4 heteroatoms. The van der Waals surface area contributed by atoms with Gasteiger partial charge in [-0.15, -0.1) is 0 Å². The number of carbonyl (C=O) groups excluding carboxylic acids is 1. The molecule has 0 aliphatic heterocycles. The van der Waals surface area contributed by atoms with E-state index < -0.39 is 6.10 Å². The maximum atomic E-state index is 12.2. The Balaban J connectivity index is 1.81. The Morgan fingerprint density at radius 3 is 2.42 bits per heavy atom. The van der Waals surface area contributed by atoms with Gasteiger partial charge in [0.1, 0.15) is 6.10 Å². The molecule has 0 heterocycles. The highest BCUT2D eigenvalue weighted by Gasteiger charge is 2.13. The van der Waals surface area contributed by atoms with E-state index in [0.717, 1.165) is 29.5 Å². The molecule has 0 bridgehead atoms. The quantitative estimate of drug-likeness (QED) is 0.614. The monoisotopic (exact) mass is 355 g/mol. The van der Waals surface area contributed by atoms with Crippen LogP contribution in [0.15, 0.2) is 54.6 Å². The molecule has 0 aliphatic rings. The Bertz CT molecular complexity index is 657. The lowest BCUT2D eigenvalue weighted by atomic mass is 10.1. The van der Waals surface area contributed by atoms with Crippen molar-refractivity contribution in [2.24, 2.45) is 0 Å². The van der Waals surface area contributed by atoms with Crippen molar-refractivity contribution in [3.63, 3.8) is 0 Å². The third kappa shape index (κ3) is 6.98. The summed E-state index contributed by atoms with van der Waals surface area (Å²) in [5, 5.41) is 2.95. The summed E-state index contributed by atoms with van der Waals surface area (Å²) in [7, 11) is 0. The zero-order valence-electron chi connectivity index (χ0n) is 15.7. The van der Waals surface area contributed by atoms with E-state index >= 15 is 0 Å². The van der Waals surface area contributed by atoms with Gasteiger partial charge in [-0.1, -0.05) is 67.9 Å². The third-order valence-electron chi connectivity index (χ3n) is 4.18. The van der Waals surface area contributed by atoms with Crippen molar-refractivity contribution in [1.29, 1.82) is 0 Å². The molecule has 0 saturated heterocycles. The van der Waals surface area contributed by atoms with Crippen LogP contribution >= 0.6 is 0 Å². The lowest BCUT2D eigenvalue weighted by Crippen LogP contribution is -2.34. The molecule has 0 aliphatic carbocycles. The second-order valence-electron chi connectivity index (χ2n) is 6.33. The van der Waals surface area contributed by atoms with Crippen molar-refractivity contribution in [2.75, 3.05) is 6.61 Å². The normalized spacial score (nSPS) is 11.9. The predicted octanol–water partition coefficient (Wildman–Crippen LogP) is 4.22. The van der Waals surface area contributed by atoms with Crippen LogP contribution in [0.4, 0.5) is 0 Å². The molecule has 140 valence electrons. The van der Waals surface area contributed by atoms with Gasteiger partial charge < -0.3 is 14.8 Å². The van der Waals surface area contributed by atoms with Crippen LogP contribution in [0.1, 0.15) is 43.4 Å². The zero-order chi connectivity index (χ0) is 18.6. The van der Waals surface area contributed by atoms with Gasteiger partial charge in [-0.2, -0.15) is 0 Å². The van der Waals surface area contributed by atoms with E-state index in [9.17, 15) is 4.79 Å². The van der Waals surface area contributed by atoms with E-state index in [1.165, 1.54) is 0 Å². The molecule has 0 aromatic heterocycles.